The summed E-state index contributed by atoms with van der Waals surface area (Å²) in [4.78, 5) is 12.4. The lowest BCUT2D eigenvalue weighted by Gasteiger charge is -2.18. The molecule has 2 aromatic rings. The maximum atomic E-state index is 12.4. The van der Waals surface area contributed by atoms with Crippen molar-refractivity contribution in [3.63, 3.8) is 0 Å². The Morgan fingerprint density at radius 2 is 1.72 bits per heavy atom. The van der Waals surface area contributed by atoms with Crippen molar-refractivity contribution < 1.29 is 14.3 Å². The van der Waals surface area contributed by atoms with E-state index in [4.69, 9.17) is 32.7 Å². The lowest BCUT2D eigenvalue weighted by Crippen LogP contribution is -2.26. The van der Waals surface area contributed by atoms with Gasteiger partial charge in [0, 0.05) is 5.02 Å². The van der Waals surface area contributed by atoms with Crippen molar-refractivity contribution in [3.05, 3.63) is 57.6 Å². The van der Waals surface area contributed by atoms with Gasteiger partial charge >= 0.3 is 0 Å². The first-order valence-electron chi connectivity index (χ1n) is 8.11. The summed E-state index contributed by atoms with van der Waals surface area (Å²) in [6.45, 7) is 6.82. The number of hydrogen-bond acceptors (Lipinski definition) is 3. The van der Waals surface area contributed by atoms with E-state index in [1.165, 1.54) is 0 Å². The Morgan fingerprint density at radius 1 is 1.04 bits per heavy atom. The summed E-state index contributed by atoms with van der Waals surface area (Å²) in [7, 11) is 0. The molecule has 0 fully saturated rings. The first-order chi connectivity index (χ1) is 12.0. The summed E-state index contributed by atoms with van der Waals surface area (Å²) in [5.74, 6) is 1.08. The van der Waals surface area contributed by atoms with E-state index < -0.39 is 0 Å². The Morgan fingerprint density at radius 3 is 2.36 bits per heavy atom. The molecule has 0 heterocycles. The van der Waals surface area contributed by atoms with Crippen LogP contribution < -0.4 is 14.8 Å². The largest absolute Gasteiger partial charge is 0.490 e. The Labute approximate surface area is 158 Å². The van der Waals surface area contributed by atoms with Crippen LogP contribution in [0.5, 0.6) is 11.5 Å². The monoisotopic (exact) mass is 381 g/mol. The van der Waals surface area contributed by atoms with Crippen molar-refractivity contribution in [2.75, 3.05) is 13.2 Å². The van der Waals surface area contributed by atoms with Crippen molar-refractivity contribution in [1.82, 2.24) is 5.32 Å². The molecule has 0 saturated heterocycles. The van der Waals surface area contributed by atoms with Crippen LogP contribution in [-0.4, -0.2) is 19.1 Å². The van der Waals surface area contributed by atoms with Gasteiger partial charge in [0.05, 0.1) is 29.8 Å². The second-order valence-electron chi connectivity index (χ2n) is 5.39. The van der Waals surface area contributed by atoms with Crippen LogP contribution in [0.25, 0.3) is 0 Å². The third-order valence-electron chi connectivity index (χ3n) is 3.59. The lowest BCUT2D eigenvalue weighted by molar-refractivity contribution is 0.0940. The maximum Gasteiger partial charge on any atom is 0.253 e. The summed E-state index contributed by atoms with van der Waals surface area (Å²) < 4.78 is 11.2. The van der Waals surface area contributed by atoms with Crippen LogP contribution in [0.2, 0.25) is 10.0 Å². The van der Waals surface area contributed by atoms with Gasteiger partial charge in [-0.25, -0.2) is 0 Å². The second kappa shape index (κ2) is 8.97. The van der Waals surface area contributed by atoms with E-state index in [0.29, 0.717) is 40.3 Å². The Hall–Kier alpha value is -1.91. The van der Waals surface area contributed by atoms with Crippen LogP contribution >= 0.6 is 23.2 Å². The van der Waals surface area contributed by atoms with Gasteiger partial charge in [0.25, 0.3) is 5.91 Å². The van der Waals surface area contributed by atoms with E-state index in [-0.39, 0.29) is 11.9 Å². The molecule has 6 heteroatoms. The van der Waals surface area contributed by atoms with E-state index in [0.717, 1.165) is 5.56 Å². The number of benzene rings is 2. The summed E-state index contributed by atoms with van der Waals surface area (Å²) >= 11 is 12.0. The van der Waals surface area contributed by atoms with Crippen LogP contribution in [0.15, 0.2) is 36.4 Å². The highest BCUT2D eigenvalue weighted by atomic mass is 35.5. The third-order valence-corrected chi connectivity index (χ3v) is 4.14. The zero-order chi connectivity index (χ0) is 18.4. The van der Waals surface area contributed by atoms with E-state index in [9.17, 15) is 4.79 Å². The van der Waals surface area contributed by atoms with E-state index >= 15 is 0 Å². The Balaban J connectivity index is 2.18. The van der Waals surface area contributed by atoms with Crippen molar-refractivity contribution in [1.29, 1.82) is 0 Å². The molecule has 0 spiro atoms. The summed E-state index contributed by atoms with van der Waals surface area (Å²) in [5.41, 5.74) is 1.29. The van der Waals surface area contributed by atoms with Gasteiger partial charge in [0.1, 0.15) is 0 Å². The molecule has 0 radical (unpaired) electrons. The SMILES string of the molecule is CCOc1ccc([C@@H](C)NC(=O)c2ccc(Cl)cc2Cl)cc1OCC. The molecule has 4 nitrogen and oxygen atoms in total. The Bertz CT molecular complexity index is 749. The molecule has 0 aromatic heterocycles. The molecule has 0 bridgehead atoms. The highest BCUT2D eigenvalue weighted by Crippen LogP contribution is 2.31. The second-order valence-corrected chi connectivity index (χ2v) is 6.24. The first kappa shape index (κ1) is 19.4. The van der Waals surface area contributed by atoms with Gasteiger partial charge in [0.2, 0.25) is 0 Å². The number of hydrogen-bond donors (Lipinski definition) is 1. The molecule has 1 amide bonds. The maximum absolute atomic E-state index is 12.4. The minimum Gasteiger partial charge on any atom is -0.490 e. The van der Waals surface area contributed by atoms with E-state index in [1.807, 2.05) is 39.0 Å². The topological polar surface area (TPSA) is 47.6 Å². The molecule has 134 valence electrons. The minimum absolute atomic E-state index is 0.228. The quantitative estimate of drug-likeness (QED) is 0.709. The van der Waals surface area contributed by atoms with Gasteiger partial charge in [-0.3, -0.25) is 4.79 Å². The fourth-order valence-electron chi connectivity index (χ4n) is 2.37. The molecule has 2 rings (SSSR count). The predicted molar refractivity (Wildman–Crippen MR) is 101 cm³/mol. The number of nitrogens with one attached hydrogen (secondary N) is 1. The van der Waals surface area contributed by atoms with Crippen LogP contribution in [0.4, 0.5) is 0 Å². The zero-order valence-corrected chi connectivity index (χ0v) is 15.9. The number of carbonyl (C=O) groups is 1. The highest BCUT2D eigenvalue weighted by Gasteiger charge is 2.16. The van der Waals surface area contributed by atoms with Crippen molar-refractivity contribution in [2.24, 2.45) is 0 Å². The summed E-state index contributed by atoms with van der Waals surface area (Å²) in [5, 5.41) is 3.74. The van der Waals surface area contributed by atoms with Gasteiger partial charge in [-0.15, -0.1) is 0 Å². The van der Waals surface area contributed by atoms with Gasteiger partial charge < -0.3 is 14.8 Å². The average Bonchev–Trinajstić information content (AvgIpc) is 2.56. The van der Waals surface area contributed by atoms with Crippen molar-refractivity contribution in [2.45, 2.75) is 26.8 Å². The van der Waals surface area contributed by atoms with Crippen LogP contribution in [-0.2, 0) is 0 Å². The van der Waals surface area contributed by atoms with Gasteiger partial charge in [-0.2, -0.15) is 0 Å². The van der Waals surface area contributed by atoms with Crippen molar-refractivity contribution >= 4 is 29.1 Å². The van der Waals surface area contributed by atoms with Crippen LogP contribution in [0, 0.1) is 0 Å². The lowest BCUT2D eigenvalue weighted by atomic mass is 10.1. The number of rotatable bonds is 7. The molecule has 0 aliphatic heterocycles. The van der Waals surface area contributed by atoms with Crippen molar-refractivity contribution in [3.8, 4) is 11.5 Å². The fourth-order valence-corrected chi connectivity index (χ4v) is 2.86. The molecule has 2 aromatic carbocycles. The smallest absolute Gasteiger partial charge is 0.253 e. The summed E-state index contributed by atoms with van der Waals surface area (Å²) in [6.07, 6.45) is 0. The number of halogens is 2. The van der Waals surface area contributed by atoms with Gasteiger partial charge in [-0.1, -0.05) is 29.3 Å². The molecule has 0 aliphatic carbocycles. The summed E-state index contributed by atoms with van der Waals surface area (Å²) in [6, 6.07) is 10.2. The number of carbonyl (C=O) groups excluding carboxylic acids is 1. The zero-order valence-electron chi connectivity index (χ0n) is 14.4. The molecular formula is C19H21Cl2NO3. The molecule has 0 saturated carbocycles. The molecule has 25 heavy (non-hydrogen) atoms. The minimum atomic E-state index is -0.263. The molecule has 1 N–H and O–H groups in total. The fraction of sp³-hybridized carbons (Fsp3) is 0.316. The standard InChI is InChI=1S/C19H21Cl2NO3/c1-4-24-17-9-6-13(10-18(17)25-5-2)12(3)22-19(23)15-8-7-14(20)11-16(15)21/h6-12H,4-5H2,1-3H3,(H,22,23)/t12-/m1/s1. The molecule has 1 atom stereocenters. The molecule has 0 aliphatic rings. The number of ether oxygens (including phenoxy) is 2. The predicted octanol–water partition coefficient (Wildman–Crippen LogP) is 5.28. The highest BCUT2D eigenvalue weighted by molar-refractivity contribution is 6.36. The van der Waals surface area contributed by atoms with Gasteiger partial charge in [-0.05, 0) is 56.7 Å². The van der Waals surface area contributed by atoms with Crippen LogP contribution in [0.1, 0.15) is 42.7 Å². The average molecular weight is 382 g/mol. The number of amides is 1. The molecular weight excluding hydrogens is 361 g/mol. The Kier molecular flexibility index (Phi) is 6.97. The van der Waals surface area contributed by atoms with E-state index in [1.54, 1.807) is 18.2 Å². The van der Waals surface area contributed by atoms with E-state index in [2.05, 4.69) is 5.32 Å². The normalized spacial score (nSPS) is 11.7. The first-order valence-corrected chi connectivity index (χ1v) is 8.87. The molecule has 0 unspecified atom stereocenters. The third kappa shape index (κ3) is 5.03. The van der Waals surface area contributed by atoms with Gasteiger partial charge in [0.15, 0.2) is 11.5 Å². The van der Waals surface area contributed by atoms with Crippen LogP contribution in [0.3, 0.4) is 0 Å².